The van der Waals surface area contributed by atoms with E-state index in [1.165, 1.54) is 20.8 Å². The predicted molar refractivity (Wildman–Crippen MR) is 121 cm³/mol. The van der Waals surface area contributed by atoms with E-state index >= 15 is 0 Å². The Hall–Kier alpha value is -3.14. The minimum absolute atomic E-state index is 0.00308. The minimum Gasteiger partial charge on any atom is -0.462 e. The van der Waals surface area contributed by atoms with E-state index in [0.29, 0.717) is 23.0 Å². The number of H-pyrrole nitrogens is 1. The molecular weight excluding hydrogens is 418 g/mol. The van der Waals surface area contributed by atoms with Gasteiger partial charge in [-0.1, -0.05) is 27.2 Å². The van der Waals surface area contributed by atoms with Crippen LogP contribution in [0.5, 0.6) is 0 Å². The molecule has 0 aliphatic heterocycles. The van der Waals surface area contributed by atoms with E-state index in [4.69, 9.17) is 10.2 Å². The fraction of sp³-hybridized carbons (Fsp3) is 0.429. The number of amides is 1. The molecule has 0 saturated heterocycles. The van der Waals surface area contributed by atoms with E-state index in [0.717, 1.165) is 12.8 Å². The van der Waals surface area contributed by atoms with E-state index in [9.17, 15) is 14.4 Å². The van der Waals surface area contributed by atoms with Crippen molar-refractivity contribution in [3.05, 3.63) is 50.3 Å². The lowest BCUT2D eigenvalue weighted by molar-refractivity contribution is -0.118. The second-order valence-electron chi connectivity index (χ2n) is 7.69. The van der Waals surface area contributed by atoms with Gasteiger partial charge in [-0.05, 0) is 24.5 Å². The van der Waals surface area contributed by atoms with Gasteiger partial charge in [0.15, 0.2) is 16.5 Å². The first kappa shape index (κ1) is 22.5. The highest BCUT2D eigenvalue weighted by Crippen LogP contribution is 2.25. The summed E-state index contributed by atoms with van der Waals surface area (Å²) in [4.78, 5) is 46.3. The number of hydrogen-bond acceptors (Lipinski definition) is 7. The summed E-state index contributed by atoms with van der Waals surface area (Å²) in [5.41, 5.74) is 5.57. The van der Waals surface area contributed by atoms with E-state index in [1.54, 1.807) is 23.8 Å². The molecule has 9 nitrogen and oxygen atoms in total. The van der Waals surface area contributed by atoms with Gasteiger partial charge in [0.25, 0.3) is 5.56 Å². The van der Waals surface area contributed by atoms with Gasteiger partial charge in [0.05, 0.1) is 18.4 Å². The van der Waals surface area contributed by atoms with Gasteiger partial charge in [0.2, 0.25) is 5.91 Å². The van der Waals surface area contributed by atoms with Crippen molar-refractivity contribution in [2.45, 2.75) is 46.6 Å². The average Bonchev–Trinajstić information content (AvgIpc) is 3.38. The van der Waals surface area contributed by atoms with Crippen LogP contribution in [-0.2, 0) is 17.8 Å². The van der Waals surface area contributed by atoms with Gasteiger partial charge in [-0.25, -0.2) is 9.78 Å². The van der Waals surface area contributed by atoms with Crippen molar-refractivity contribution in [1.82, 2.24) is 14.5 Å². The molecule has 1 amide bonds. The topological polar surface area (TPSA) is 127 Å². The van der Waals surface area contributed by atoms with Gasteiger partial charge in [-0.15, -0.1) is 11.3 Å². The molecule has 0 radical (unpaired) electrons. The van der Waals surface area contributed by atoms with Crippen LogP contribution in [-0.4, -0.2) is 27.0 Å². The molecule has 0 saturated carbocycles. The van der Waals surface area contributed by atoms with Crippen LogP contribution in [0.25, 0.3) is 10.8 Å². The molecule has 3 heterocycles. The van der Waals surface area contributed by atoms with Crippen LogP contribution in [0.1, 0.15) is 39.3 Å². The number of nitrogens with zero attached hydrogens (tertiary/aromatic N) is 3. The van der Waals surface area contributed by atoms with Crippen LogP contribution in [0.4, 0.5) is 11.5 Å². The SMILES string of the molecule is CCCCn1c(N)c(N(CC(C)C)C(=O)Cc2csc(-c3ccco3)n2)c(=O)[nH]c1=O. The summed E-state index contributed by atoms with van der Waals surface area (Å²) in [6.45, 7) is 6.53. The third-order valence-electron chi connectivity index (χ3n) is 4.68. The van der Waals surface area contributed by atoms with Crippen molar-refractivity contribution in [3.63, 3.8) is 0 Å². The molecule has 10 heteroatoms. The van der Waals surface area contributed by atoms with Crippen molar-refractivity contribution in [2.75, 3.05) is 17.2 Å². The number of unbranched alkanes of at least 4 members (excludes halogenated alkanes) is 1. The van der Waals surface area contributed by atoms with Crippen LogP contribution in [0.15, 0.2) is 37.8 Å². The number of furan rings is 1. The Morgan fingerprint density at radius 3 is 2.81 bits per heavy atom. The van der Waals surface area contributed by atoms with Crippen LogP contribution < -0.4 is 21.9 Å². The van der Waals surface area contributed by atoms with Crippen molar-refractivity contribution in [3.8, 4) is 10.8 Å². The zero-order valence-corrected chi connectivity index (χ0v) is 18.7. The largest absolute Gasteiger partial charge is 0.462 e. The lowest BCUT2D eigenvalue weighted by Gasteiger charge is -2.26. The summed E-state index contributed by atoms with van der Waals surface area (Å²) < 4.78 is 6.67. The maximum atomic E-state index is 13.2. The van der Waals surface area contributed by atoms with Crippen molar-refractivity contribution in [1.29, 1.82) is 0 Å². The summed E-state index contributed by atoms with van der Waals surface area (Å²) in [5.74, 6) is 0.396. The molecule has 0 bridgehead atoms. The normalized spacial score (nSPS) is 11.2. The zero-order valence-electron chi connectivity index (χ0n) is 17.9. The Morgan fingerprint density at radius 1 is 1.39 bits per heavy atom. The Kier molecular flexibility index (Phi) is 7.11. The molecule has 3 aromatic rings. The highest BCUT2D eigenvalue weighted by Gasteiger charge is 2.25. The van der Waals surface area contributed by atoms with Crippen molar-refractivity contribution >= 4 is 28.7 Å². The fourth-order valence-corrected chi connectivity index (χ4v) is 4.00. The van der Waals surface area contributed by atoms with Gasteiger partial charge in [-0.3, -0.25) is 19.1 Å². The number of carbonyl (C=O) groups is 1. The fourth-order valence-electron chi connectivity index (χ4n) is 3.21. The summed E-state index contributed by atoms with van der Waals surface area (Å²) in [6.07, 6.45) is 3.14. The Bertz CT molecular complexity index is 1140. The maximum absolute atomic E-state index is 13.2. The number of aromatic amines is 1. The summed E-state index contributed by atoms with van der Waals surface area (Å²) in [5, 5.41) is 2.47. The number of nitrogens with two attached hydrogens (primary N) is 1. The monoisotopic (exact) mass is 445 g/mol. The van der Waals surface area contributed by atoms with E-state index in [-0.39, 0.29) is 36.3 Å². The lowest BCUT2D eigenvalue weighted by atomic mass is 10.1. The summed E-state index contributed by atoms with van der Waals surface area (Å²) >= 11 is 1.38. The third-order valence-corrected chi connectivity index (χ3v) is 5.59. The van der Waals surface area contributed by atoms with Gasteiger partial charge in [-0.2, -0.15) is 0 Å². The van der Waals surface area contributed by atoms with E-state index < -0.39 is 11.2 Å². The predicted octanol–water partition coefficient (Wildman–Crippen LogP) is 2.87. The van der Waals surface area contributed by atoms with Crippen LogP contribution >= 0.6 is 11.3 Å². The standard InChI is InChI=1S/C21H27N5O4S/c1-4-5-8-25-18(22)17(19(28)24-21(25)29)26(11-13(2)3)16(27)10-14-12-31-20(23-14)15-7-6-9-30-15/h6-7,9,12-13H,4-5,8,10-11,22H2,1-3H3,(H,24,28,29). The third kappa shape index (κ3) is 5.13. The molecule has 0 unspecified atom stereocenters. The molecule has 0 aliphatic rings. The van der Waals surface area contributed by atoms with E-state index in [1.807, 2.05) is 20.8 Å². The minimum atomic E-state index is -0.668. The van der Waals surface area contributed by atoms with Crippen LogP contribution in [0.3, 0.4) is 0 Å². The van der Waals surface area contributed by atoms with Gasteiger partial charge in [0, 0.05) is 18.5 Å². The highest BCUT2D eigenvalue weighted by atomic mass is 32.1. The molecule has 0 fully saturated rings. The molecule has 0 spiro atoms. The summed E-state index contributed by atoms with van der Waals surface area (Å²) in [7, 11) is 0. The van der Waals surface area contributed by atoms with E-state index in [2.05, 4.69) is 9.97 Å². The summed E-state index contributed by atoms with van der Waals surface area (Å²) in [6, 6.07) is 3.57. The van der Waals surface area contributed by atoms with Gasteiger partial charge in [0.1, 0.15) is 5.82 Å². The first-order chi connectivity index (χ1) is 14.8. The van der Waals surface area contributed by atoms with Crippen LogP contribution in [0, 0.1) is 5.92 Å². The number of hydrogen-bond donors (Lipinski definition) is 2. The number of nitrogens with one attached hydrogen (secondary N) is 1. The molecular formula is C21H27N5O4S. The Balaban J connectivity index is 1.94. The number of carbonyl (C=O) groups excluding carboxylic acids is 1. The molecule has 0 atom stereocenters. The van der Waals surface area contributed by atoms with Crippen molar-refractivity contribution in [2.24, 2.45) is 5.92 Å². The maximum Gasteiger partial charge on any atom is 0.330 e. The number of nitrogen functional groups attached to an aromatic ring is 1. The molecule has 0 aliphatic carbocycles. The Labute approximate surface area is 183 Å². The lowest BCUT2D eigenvalue weighted by Crippen LogP contribution is -2.43. The molecule has 0 aromatic carbocycles. The number of aromatic nitrogens is 3. The molecule has 166 valence electrons. The highest BCUT2D eigenvalue weighted by molar-refractivity contribution is 7.13. The zero-order chi connectivity index (χ0) is 22.5. The number of anilines is 2. The molecule has 3 aromatic heterocycles. The first-order valence-corrected chi connectivity index (χ1v) is 11.1. The number of thiazole rings is 1. The first-order valence-electron chi connectivity index (χ1n) is 10.2. The number of rotatable bonds is 9. The molecule has 3 N–H and O–H groups in total. The van der Waals surface area contributed by atoms with Gasteiger partial charge < -0.3 is 15.1 Å². The Morgan fingerprint density at radius 2 is 2.16 bits per heavy atom. The average molecular weight is 446 g/mol. The molecule has 3 rings (SSSR count). The van der Waals surface area contributed by atoms with Gasteiger partial charge >= 0.3 is 5.69 Å². The quantitative estimate of drug-likeness (QED) is 0.521. The van der Waals surface area contributed by atoms with Crippen molar-refractivity contribution < 1.29 is 9.21 Å². The molecule has 31 heavy (non-hydrogen) atoms. The second-order valence-corrected chi connectivity index (χ2v) is 8.55. The second kappa shape index (κ2) is 9.78. The smallest absolute Gasteiger partial charge is 0.330 e. The van der Waals surface area contributed by atoms with Crippen LogP contribution in [0.2, 0.25) is 0 Å².